The zero-order valence-corrected chi connectivity index (χ0v) is 11.2. The normalized spacial score (nSPS) is 17.6. The van der Waals surface area contributed by atoms with Crippen molar-refractivity contribution in [3.63, 3.8) is 0 Å². The number of primary amides is 1. The number of urea groups is 1. The molecule has 0 saturated heterocycles. The zero-order chi connectivity index (χ0) is 14.8. The van der Waals surface area contributed by atoms with Gasteiger partial charge in [0.25, 0.3) is 5.91 Å². The third-order valence-corrected chi connectivity index (χ3v) is 3.25. The van der Waals surface area contributed by atoms with E-state index in [0.29, 0.717) is 19.6 Å². The van der Waals surface area contributed by atoms with Crippen molar-refractivity contribution in [2.45, 2.75) is 6.54 Å². The van der Waals surface area contributed by atoms with E-state index in [4.69, 9.17) is 10.5 Å². The molecule has 3 rings (SSSR count). The Bertz CT molecular complexity index is 639. The maximum atomic E-state index is 12.1. The molecule has 0 unspecified atom stereocenters. The first-order valence-electron chi connectivity index (χ1n) is 6.51. The van der Waals surface area contributed by atoms with Gasteiger partial charge >= 0.3 is 12.1 Å². The highest BCUT2D eigenvalue weighted by Crippen LogP contribution is 2.17. The molecule has 21 heavy (non-hydrogen) atoms. The molecule has 7 nitrogen and oxygen atoms in total. The van der Waals surface area contributed by atoms with Crippen molar-refractivity contribution in [3.8, 4) is 0 Å². The second kappa shape index (κ2) is 5.28. The molecule has 1 aromatic rings. The summed E-state index contributed by atoms with van der Waals surface area (Å²) in [7, 11) is 0. The summed E-state index contributed by atoms with van der Waals surface area (Å²) in [5.74, 6) is -0.683. The summed E-state index contributed by atoms with van der Waals surface area (Å²) in [6.07, 6.45) is 1.47. The first-order valence-corrected chi connectivity index (χ1v) is 6.51. The number of aliphatic imine (C=N–C) groups is 1. The van der Waals surface area contributed by atoms with Crippen LogP contribution in [0.25, 0.3) is 0 Å². The van der Waals surface area contributed by atoms with Crippen LogP contribution in [0.5, 0.6) is 0 Å². The van der Waals surface area contributed by atoms with Crippen LogP contribution >= 0.6 is 0 Å². The first-order chi connectivity index (χ1) is 10.1. The SMILES string of the molecule is NC(=O)C1=CN2CCN(Cc3ccccc3)C(=O)N=C2O1. The average Bonchev–Trinajstić information content (AvgIpc) is 2.81. The van der Waals surface area contributed by atoms with E-state index < -0.39 is 11.9 Å². The highest BCUT2D eigenvalue weighted by atomic mass is 16.5. The predicted molar refractivity (Wildman–Crippen MR) is 74.8 cm³/mol. The Labute approximate surface area is 121 Å². The second-order valence-electron chi connectivity index (χ2n) is 4.74. The van der Waals surface area contributed by atoms with Crippen molar-refractivity contribution in [1.82, 2.24) is 9.80 Å². The van der Waals surface area contributed by atoms with E-state index in [2.05, 4.69) is 4.99 Å². The monoisotopic (exact) mass is 286 g/mol. The third kappa shape index (κ3) is 2.71. The molecule has 1 aromatic carbocycles. The summed E-state index contributed by atoms with van der Waals surface area (Å²) in [5.41, 5.74) is 6.18. The topological polar surface area (TPSA) is 88.2 Å². The number of benzene rings is 1. The highest BCUT2D eigenvalue weighted by molar-refractivity contribution is 5.99. The number of nitrogens with two attached hydrogens (primary N) is 1. The average molecular weight is 286 g/mol. The molecule has 2 N–H and O–H groups in total. The lowest BCUT2D eigenvalue weighted by Gasteiger charge is -2.19. The van der Waals surface area contributed by atoms with E-state index >= 15 is 0 Å². The number of hydrogen-bond donors (Lipinski definition) is 1. The van der Waals surface area contributed by atoms with Gasteiger partial charge in [0, 0.05) is 19.6 Å². The quantitative estimate of drug-likeness (QED) is 0.883. The lowest BCUT2D eigenvalue weighted by molar-refractivity contribution is -0.116. The summed E-state index contributed by atoms with van der Waals surface area (Å²) in [6.45, 7) is 1.46. The van der Waals surface area contributed by atoms with Crippen LogP contribution in [0.2, 0.25) is 0 Å². The van der Waals surface area contributed by atoms with E-state index in [9.17, 15) is 9.59 Å². The zero-order valence-electron chi connectivity index (χ0n) is 11.2. The Hall–Kier alpha value is -2.83. The van der Waals surface area contributed by atoms with Crippen molar-refractivity contribution in [2.75, 3.05) is 13.1 Å². The van der Waals surface area contributed by atoms with Gasteiger partial charge in [-0.25, -0.2) is 4.79 Å². The molecule has 108 valence electrons. The molecule has 7 heteroatoms. The number of rotatable bonds is 3. The van der Waals surface area contributed by atoms with Gasteiger partial charge in [0.05, 0.1) is 6.20 Å². The van der Waals surface area contributed by atoms with Crippen molar-refractivity contribution in [2.24, 2.45) is 10.7 Å². The van der Waals surface area contributed by atoms with Gasteiger partial charge in [-0.1, -0.05) is 30.3 Å². The van der Waals surface area contributed by atoms with Gasteiger partial charge in [-0.2, -0.15) is 0 Å². The lowest BCUT2D eigenvalue weighted by atomic mass is 10.2. The van der Waals surface area contributed by atoms with Gasteiger partial charge in [-0.15, -0.1) is 4.99 Å². The van der Waals surface area contributed by atoms with Crippen LogP contribution in [-0.4, -0.2) is 40.8 Å². The van der Waals surface area contributed by atoms with Crippen LogP contribution in [0, 0.1) is 0 Å². The fraction of sp³-hybridized carbons (Fsp3) is 0.214. The molecule has 0 aliphatic carbocycles. The van der Waals surface area contributed by atoms with Gasteiger partial charge in [-0.05, 0) is 5.56 Å². The van der Waals surface area contributed by atoms with Gasteiger partial charge in [0.1, 0.15) is 0 Å². The van der Waals surface area contributed by atoms with Crippen molar-refractivity contribution >= 4 is 18.0 Å². The Kier molecular flexibility index (Phi) is 3.31. The molecular formula is C14H14N4O3. The van der Waals surface area contributed by atoms with Gasteiger partial charge in [0.2, 0.25) is 5.76 Å². The minimum Gasteiger partial charge on any atom is -0.418 e. The van der Waals surface area contributed by atoms with Crippen molar-refractivity contribution in [1.29, 1.82) is 0 Å². The minimum atomic E-state index is -0.681. The number of carbonyl (C=O) groups is 2. The van der Waals surface area contributed by atoms with Crippen molar-refractivity contribution < 1.29 is 14.3 Å². The molecule has 2 aliphatic heterocycles. The van der Waals surface area contributed by atoms with E-state index in [1.807, 2.05) is 30.3 Å². The first kappa shape index (κ1) is 13.2. The molecule has 0 atom stereocenters. The molecule has 3 amide bonds. The fourth-order valence-corrected chi connectivity index (χ4v) is 2.17. The molecule has 0 bridgehead atoms. The maximum Gasteiger partial charge on any atom is 0.348 e. The largest absolute Gasteiger partial charge is 0.418 e. The summed E-state index contributed by atoms with van der Waals surface area (Å²) in [4.78, 5) is 30.3. The lowest BCUT2D eigenvalue weighted by Crippen LogP contribution is -2.31. The molecule has 2 aliphatic rings. The van der Waals surface area contributed by atoms with Crippen LogP contribution in [0.4, 0.5) is 4.79 Å². The van der Waals surface area contributed by atoms with Gasteiger partial charge < -0.3 is 15.4 Å². The molecule has 0 aromatic heterocycles. The number of nitrogens with zero attached hydrogens (tertiary/aromatic N) is 3. The molecule has 0 spiro atoms. The molecule has 0 fully saturated rings. The number of amidine groups is 1. The smallest absolute Gasteiger partial charge is 0.348 e. The molecule has 0 radical (unpaired) electrons. The third-order valence-electron chi connectivity index (χ3n) is 3.25. The van der Waals surface area contributed by atoms with Crippen LogP contribution in [0.3, 0.4) is 0 Å². The van der Waals surface area contributed by atoms with E-state index in [0.717, 1.165) is 5.56 Å². The molecule has 0 saturated carbocycles. The summed E-state index contributed by atoms with van der Waals surface area (Å²) in [6, 6.07) is 9.38. The number of amides is 3. The minimum absolute atomic E-state index is 0.00180. The Morgan fingerprint density at radius 2 is 2.05 bits per heavy atom. The molecular weight excluding hydrogens is 272 g/mol. The molecule has 2 heterocycles. The standard InChI is InChI=1S/C14H14N4O3/c15-12(19)11-9-18-7-6-17(13(20)16-14(18)21-11)8-10-4-2-1-3-5-10/h1-5,9H,6-8H2,(H2,15,19). The Morgan fingerprint density at radius 3 is 2.76 bits per heavy atom. The van der Waals surface area contributed by atoms with Crippen LogP contribution in [0.1, 0.15) is 5.56 Å². The summed E-state index contributed by atoms with van der Waals surface area (Å²) < 4.78 is 5.19. The van der Waals surface area contributed by atoms with Crippen LogP contribution < -0.4 is 5.73 Å². The van der Waals surface area contributed by atoms with Crippen molar-refractivity contribution in [3.05, 3.63) is 47.9 Å². The Balaban J connectivity index is 1.74. The Morgan fingerprint density at radius 1 is 1.29 bits per heavy atom. The van der Waals surface area contributed by atoms with Gasteiger partial charge in [0.15, 0.2) is 0 Å². The summed E-state index contributed by atoms with van der Waals surface area (Å²) in [5, 5.41) is 0. The summed E-state index contributed by atoms with van der Waals surface area (Å²) >= 11 is 0. The number of fused-ring (bicyclic) bond motifs is 1. The number of hydrogen-bond acceptors (Lipinski definition) is 4. The second-order valence-corrected chi connectivity index (χ2v) is 4.74. The van der Waals surface area contributed by atoms with E-state index in [1.165, 1.54) is 6.20 Å². The maximum absolute atomic E-state index is 12.1. The van der Waals surface area contributed by atoms with Gasteiger partial charge in [-0.3, -0.25) is 9.69 Å². The predicted octanol–water partition coefficient (Wildman–Crippen LogP) is 0.637. The fourth-order valence-electron chi connectivity index (χ4n) is 2.17. The van der Waals surface area contributed by atoms with Crippen LogP contribution in [0.15, 0.2) is 47.3 Å². The number of carbonyl (C=O) groups excluding carboxylic acids is 2. The van der Waals surface area contributed by atoms with E-state index in [1.54, 1.807) is 9.80 Å². The van der Waals surface area contributed by atoms with E-state index in [-0.39, 0.29) is 11.8 Å². The highest BCUT2D eigenvalue weighted by Gasteiger charge is 2.30. The number of ether oxygens (including phenoxy) is 1. The van der Waals surface area contributed by atoms with Crippen LogP contribution in [-0.2, 0) is 16.1 Å².